The van der Waals surface area contributed by atoms with Gasteiger partial charge in [-0.2, -0.15) is 0 Å². The molecular weight excluding hydrogens is 286 g/mol. The lowest BCUT2D eigenvalue weighted by Crippen LogP contribution is -2.82. The maximum atomic E-state index is 12.7. The van der Waals surface area contributed by atoms with Gasteiger partial charge in [0, 0.05) is 45.9 Å². The number of piperazine rings is 1. The van der Waals surface area contributed by atoms with Crippen LogP contribution in [-0.2, 0) is 14.3 Å². The van der Waals surface area contributed by atoms with Crippen LogP contribution in [0.3, 0.4) is 0 Å². The molecule has 4 rings (SSSR count). The van der Waals surface area contributed by atoms with E-state index in [9.17, 15) is 14.7 Å². The first-order valence-corrected chi connectivity index (χ1v) is 8.11. The van der Waals surface area contributed by atoms with Gasteiger partial charge in [-0.05, 0) is 19.3 Å². The number of ether oxygens (including phenoxy) is 1. The minimum atomic E-state index is -0.608. The lowest BCUT2D eigenvalue weighted by Gasteiger charge is -2.60. The van der Waals surface area contributed by atoms with Crippen molar-refractivity contribution in [2.45, 2.75) is 43.0 Å². The molecule has 7 nitrogen and oxygen atoms in total. The van der Waals surface area contributed by atoms with E-state index in [2.05, 4.69) is 4.90 Å². The first kappa shape index (κ1) is 14.6. The average Bonchev–Trinajstić information content (AvgIpc) is 2.87. The Morgan fingerprint density at radius 1 is 1.23 bits per heavy atom. The molecule has 22 heavy (non-hydrogen) atoms. The number of carbonyl (C=O) groups is 2. The van der Waals surface area contributed by atoms with Gasteiger partial charge in [0.15, 0.2) is 0 Å². The second-order valence-corrected chi connectivity index (χ2v) is 7.04. The van der Waals surface area contributed by atoms with E-state index in [1.807, 2.05) is 4.90 Å². The molecule has 4 aliphatic heterocycles. The Hall–Kier alpha value is -1.02. The lowest BCUT2D eigenvalue weighted by molar-refractivity contribution is -0.182. The summed E-state index contributed by atoms with van der Waals surface area (Å²) in [4.78, 5) is 30.6. The van der Waals surface area contributed by atoms with Crippen LogP contribution in [0.2, 0.25) is 0 Å². The summed E-state index contributed by atoms with van der Waals surface area (Å²) in [6.45, 7) is 3.32. The average molecular weight is 309 g/mol. The number of fused-ring (bicyclic) bond motifs is 2. The summed E-state index contributed by atoms with van der Waals surface area (Å²) >= 11 is 0. The number of hydrogen-bond donors (Lipinski definition) is 1. The molecule has 122 valence electrons. The first-order chi connectivity index (χ1) is 10.5. The lowest BCUT2D eigenvalue weighted by atomic mass is 9.81. The third kappa shape index (κ3) is 1.89. The number of aliphatic hydroxyl groups is 1. The highest BCUT2D eigenvalue weighted by molar-refractivity contribution is 6.05. The minimum Gasteiger partial charge on any atom is -0.392 e. The van der Waals surface area contributed by atoms with E-state index >= 15 is 0 Å². The van der Waals surface area contributed by atoms with E-state index in [0.29, 0.717) is 32.1 Å². The summed E-state index contributed by atoms with van der Waals surface area (Å²) in [6, 6.07) is 0.135. The Labute approximate surface area is 129 Å². The Kier molecular flexibility index (Phi) is 3.30. The molecule has 0 aliphatic carbocycles. The maximum Gasteiger partial charge on any atom is 0.252 e. The van der Waals surface area contributed by atoms with Gasteiger partial charge in [-0.1, -0.05) is 0 Å². The van der Waals surface area contributed by atoms with Gasteiger partial charge in [0.1, 0.15) is 5.54 Å². The fourth-order valence-corrected chi connectivity index (χ4v) is 4.53. The molecule has 4 fully saturated rings. The van der Waals surface area contributed by atoms with Gasteiger partial charge in [0.25, 0.3) is 5.91 Å². The Balaban J connectivity index is 1.55. The SMILES string of the molecule is CN1C(=O)C2CC(O)CN2C2(CN(C3CCOCC3)C2)C1=O. The van der Waals surface area contributed by atoms with Crippen molar-refractivity contribution in [3.05, 3.63) is 0 Å². The topological polar surface area (TPSA) is 73.3 Å². The number of imide groups is 1. The van der Waals surface area contributed by atoms with Crippen LogP contribution in [0.4, 0.5) is 0 Å². The number of carbonyl (C=O) groups excluding carboxylic acids is 2. The highest BCUT2D eigenvalue weighted by atomic mass is 16.5. The summed E-state index contributed by atoms with van der Waals surface area (Å²) in [6.07, 6.45) is 1.94. The molecule has 4 saturated heterocycles. The fourth-order valence-electron chi connectivity index (χ4n) is 4.53. The van der Waals surface area contributed by atoms with Gasteiger partial charge in [-0.25, -0.2) is 0 Å². The van der Waals surface area contributed by atoms with Crippen molar-refractivity contribution < 1.29 is 19.4 Å². The normalized spacial score (nSPS) is 36.7. The number of nitrogens with zero attached hydrogens (tertiary/aromatic N) is 3. The Bertz CT molecular complexity index is 499. The molecule has 4 aliphatic rings. The van der Waals surface area contributed by atoms with E-state index in [-0.39, 0.29) is 17.9 Å². The first-order valence-electron chi connectivity index (χ1n) is 8.11. The van der Waals surface area contributed by atoms with Crippen molar-refractivity contribution in [2.75, 3.05) is 39.9 Å². The van der Waals surface area contributed by atoms with Gasteiger partial charge in [0.2, 0.25) is 5.91 Å². The third-order valence-electron chi connectivity index (χ3n) is 5.78. The van der Waals surface area contributed by atoms with Crippen LogP contribution in [0.1, 0.15) is 19.3 Å². The summed E-state index contributed by atoms with van der Waals surface area (Å²) in [5.41, 5.74) is -0.608. The zero-order valence-electron chi connectivity index (χ0n) is 12.9. The fraction of sp³-hybridized carbons (Fsp3) is 0.867. The molecule has 7 heteroatoms. The maximum absolute atomic E-state index is 12.7. The molecule has 2 amide bonds. The van der Waals surface area contributed by atoms with Crippen molar-refractivity contribution >= 4 is 11.8 Å². The molecule has 0 aromatic heterocycles. The zero-order valence-corrected chi connectivity index (χ0v) is 12.9. The van der Waals surface area contributed by atoms with Crippen molar-refractivity contribution in [1.29, 1.82) is 0 Å². The molecule has 0 aromatic rings. The number of amides is 2. The Morgan fingerprint density at radius 2 is 1.91 bits per heavy atom. The highest BCUT2D eigenvalue weighted by Crippen LogP contribution is 2.41. The molecule has 0 aromatic carbocycles. The molecule has 0 bridgehead atoms. The van der Waals surface area contributed by atoms with Crippen molar-refractivity contribution in [3.63, 3.8) is 0 Å². The summed E-state index contributed by atoms with van der Waals surface area (Å²) < 4.78 is 5.40. The van der Waals surface area contributed by atoms with Crippen molar-refractivity contribution in [3.8, 4) is 0 Å². The zero-order chi connectivity index (χ0) is 15.5. The third-order valence-corrected chi connectivity index (χ3v) is 5.78. The molecule has 1 spiro atoms. The molecule has 1 N–H and O–H groups in total. The smallest absolute Gasteiger partial charge is 0.252 e. The number of hydrogen-bond acceptors (Lipinski definition) is 6. The van der Waals surface area contributed by atoms with Crippen molar-refractivity contribution in [2.24, 2.45) is 0 Å². The van der Waals surface area contributed by atoms with Gasteiger partial charge in [-0.3, -0.25) is 24.3 Å². The monoisotopic (exact) mass is 309 g/mol. The van der Waals surface area contributed by atoms with Crippen LogP contribution in [0.15, 0.2) is 0 Å². The number of likely N-dealkylation sites (tertiary alicyclic amines) is 1. The van der Waals surface area contributed by atoms with Gasteiger partial charge < -0.3 is 9.84 Å². The molecule has 2 atom stereocenters. The van der Waals surface area contributed by atoms with E-state index in [1.54, 1.807) is 7.05 Å². The van der Waals surface area contributed by atoms with Gasteiger partial charge >= 0.3 is 0 Å². The van der Waals surface area contributed by atoms with Crippen LogP contribution < -0.4 is 0 Å². The predicted octanol–water partition coefficient (Wildman–Crippen LogP) is -1.35. The number of rotatable bonds is 1. The number of aliphatic hydroxyl groups excluding tert-OH is 1. The largest absolute Gasteiger partial charge is 0.392 e. The quantitative estimate of drug-likeness (QED) is 0.604. The molecule has 2 unspecified atom stereocenters. The number of β-amino-alcohol motifs (C(OH)–C–C–N with tert-alkyl or cyclic N) is 1. The van der Waals surface area contributed by atoms with E-state index in [1.165, 1.54) is 4.90 Å². The van der Waals surface area contributed by atoms with Gasteiger partial charge in [0.05, 0.1) is 12.1 Å². The van der Waals surface area contributed by atoms with Crippen LogP contribution in [0.5, 0.6) is 0 Å². The van der Waals surface area contributed by atoms with E-state index in [4.69, 9.17) is 4.74 Å². The molecular formula is C15H23N3O4. The molecule has 0 saturated carbocycles. The predicted molar refractivity (Wildman–Crippen MR) is 77.0 cm³/mol. The second kappa shape index (κ2) is 4.99. The Morgan fingerprint density at radius 3 is 2.59 bits per heavy atom. The molecule has 4 heterocycles. The van der Waals surface area contributed by atoms with Crippen molar-refractivity contribution in [1.82, 2.24) is 14.7 Å². The summed E-state index contributed by atoms with van der Waals surface area (Å²) in [5, 5.41) is 9.96. The minimum absolute atomic E-state index is 0.105. The van der Waals surface area contributed by atoms with Crippen LogP contribution in [-0.4, -0.2) is 95.2 Å². The van der Waals surface area contributed by atoms with Crippen LogP contribution in [0, 0.1) is 0 Å². The van der Waals surface area contributed by atoms with Crippen LogP contribution >= 0.6 is 0 Å². The van der Waals surface area contributed by atoms with Gasteiger partial charge in [-0.15, -0.1) is 0 Å². The molecule has 0 radical (unpaired) electrons. The summed E-state index contributed by atoms with van der Waals surface area (Å²) in [5.74, 6) is -0.275. The van der Waals surface area contributed by atoms with E-state index < -0.39 is 11.6 Å². The second-order valence-electron chi connectivity index (χ2n) is 7.04. The summed E-state index contributed by atoms with van der Waals surface area (Å²) in [7, 11) is 1.57. The standard InChI is InChI=1S/C15H23N3O4/c1-16-13(20)12-6-11(19)7-18(12)15(14(16)21)8-17(9-15)10-2-4-22-5-3-10/h10-12,19H,2-9H2,1H3. The number of likely N-dealkylation sites (N-methyl/N-ethyl adjacent to an activating group) is 1. The van der Waals surface area contributed by atoms with E-state index in [0.717, 1.165) is 26.1 Å². The van der Waals surface area contributed by atoms with Crippen LogP contribution in [0.25, 0.3) is 0 Å². The highest BCUT2D eigenvalue weighted by Gasteiger charge is 2.64.